The van der Waals surface area contributed by atoms with Crippen LogP contribution in [0.3, 0.4) is 0 Å². The zero-order valence-electron chi connectivity index (χ0n) is 13.1. The van der Waals surface area contributed by atoms with Crippen LogP contribution in [0.2, 0.25) is 0 Å². The van der Waals surface area contributed by atoms with E-state index in [0.29, 0.717) is 28.3 Å². The van der Waals surface area contributed by atoms with Crippen molar-refractivity contribution in [2.45, 2.75) is 13.3 Å². The van der Waals surface area contributed by atoms with Crippen LogP contribution in [0.4, 0.5) is 0 Å². The normalized spacial score (nSPS) is 10.5. The zero-order valence-corrected chi connectivity index (χ0v) is 13.1. The molecule has 0 spiro atoms. The molecule has 1 heterocycles. The maximum Gasteiger partial charge on any atom is 0.307 e. The first-order valence-corrected chi connectivity index (χ1v) is 7.48. The largest absolute Gasteiger partial charge is 0.508 e. The highest BCUT2D eigenvalue weighted by molar-refractivity contribution is 5.77. The maximum absolute atomic E-state index is 11.2. The van der Waals surface area contributed by atoms with Crippen molar-refractivity contribution in [1.82, 2.24) is 9.97 Å². The number of aromatic nitrogens is 2. The van der Waals surface area contributed by atoms with Crippen LogP contribution in [-0.4, -0.2) is 26.2 Å². The molecule has 0 radical (unpaired) electrons. The average Bonchev–Trinajstić information content (AvgIpc) is 2.57. The fraction of sp³-hybridized carbons (Fsp3) is 0.105. The van der Waals surface area contributed by atoms with Crippen LogP contribution in [0.15, 0.2) is 54.6 Å². The molecule has 3 aromatic rings. The van der Waals surface area contributed by atoms with Gasteiger partial charge < -0.3 is 10.2 Å². The number of aryl methyl sites for hydroxylation is 1. The molecule has 24 heavy (non-hydrogen) atoms. The lowest BCUT2D eigenvalue weighted by Crippen LogP contribution is -2.08. The molecule has 0 fully saturated rings. The van der Waals surface area contributed by atoms with E-state index in [-0.39, 0.29) is 12.2 Å². The molecule has 0 aliphatic carbocycles. The number of benzene rings is 2. The summed E-state index contributed by atoms with van der Waals surface area (Å²) in [6.07, 6.45) is -0.175. The second kappa shape index (κ2) is 6.50. The van der Waals surface area contributed by atoms with E-state index in [1.54, 1.807) is 31.2 Å². The molecule has 5 heteroatoms. The summed E-state index contributed by atoms with van der Waals surface area (Å²) in [4.78, 5) is 20.3. The van der Waals surface area contributed by atoms with Gasteiger partial charge in [-0.3, -0.25) is 4.79 Å². The number of phenolic OH excluding ortho intramolecular Hbond substituents is 1. The van der Waals surface area contributed by atoms with Crippen molar-refractivity contribution in [3.8, 4) is 28.4 Å². The number of aliphatic carboxylic acids is 1. The van der Waals surface area contributed by atoms with Crippen molar-refractivity contribution in [2.75, 3.05) is 0 Å². The summed E-state index contributed by atoms with van der Waals surface area (Å²) in [5, 5.41) is 18.9. The fourth-order valence-corrected chi connectivity index (χ4v) is 2.57. The van der Waals surface area contributed by atoms with Crippen LogP contribution in [-0.2, 0) is 11.2 Å². The minimum atomic E-state index is -0.949. The van der Waals surface area contributed by atoms with E-state index in [0.717, 1.165) is 5.56 Å². The van der Waals surface area contributed by atoms with Gasteiger partial charge in [0.15, 0.2) is 5.82 Å². The lowest BCUT2D eigenvalue weighted by atomic mass is 10.0. The molecule has 0 bridgehead atoms. The lowest BCUT2D eigenvalue weighted by Gasteiger charge is -2.13. The van der Waals surface area contributed by atoms with Crippen LogP contribution in [0.25, 0.3) is 22.6 Å². The van der Waals surface area contributed by atoms with Crippen molar-refractivity contribution in [2.24, 2.45) is 0 Å². The molecule has 2 aromatic carbocycles. The number of carboxylic acid groups (broad SMARTS) is 1. The highest BCUT2D eigenvalue weighted by Gasteiger charge is 2.17. The molecule has 1 aromatic heterocycles. The van der Waals surface area contributed by atoms with Crippen LogP contribution < -0.4 is 0 Å². The van der Waals surface area contributed by atoms with Crippen molar-refractivity contribution in [1.29, 1.82) is 0 Å². The van der Waals surface area contributed by atoms with Crippen molar-refractivity contribution in [3.05, 3.63) is 65.9 Å². The number of hydrogen-bond acceptors (Lipinski definition) is 4. The molecule has 0 aliphatic heterocycles. The Balaban J connectivity index is 2.22. The van der Waals surface area contributed by atoms with Crippen LogP contribution in [0.1, 0.15) is 11.3 Å². The Morgan fingerprint density at radius 1 is 1.00 bits per heavy atom. The molecule has 3 rings (SSSR count). The minimum absolute atomic E-state index is 0.103. The minimum Gasteiger partial charge on any atom is -0.508 e. The lowest BCUT2D eigenvalue weighted by molar-refractivity contribution is -0.136. The predicted molar refractivity (Wildman–Crippen MR) is 90.6 cm³/mol. The highest BCUT2D eigenvalue weighted by Crippen LogP contribution is 2.29. The van der Waals surface area contributed by atoms with E-state index in [1.165, 1.54) is 0 Å². The zero-order chi connectivity index (χ0) is 17.1. The number of hydrogen-bond donors (Lipinski definition) is 2. The van der Waals surface area contributed by atoms with Gasteiger partial charge in [-0.15, -0.1) is 0 Å². The number of carbonyl (C=O) groups is 1. The van der Waals surface area contributed by atoms with Gasteiger partial charge in [0.25, 0.3) is 0 Å². The van der Waals surface area contributed by atoms with E-state index in [2.05, 4.69) is 9.97 Å². The molecule has 0 aliphatic rings. The van der Waals surface area contributed by atoms with E-state index < -0.39 is 5.97 Å². The van der Waals surface area contributed by atoms with Gasteiger partial charge >= 0.3 is 5.97 Å². The average molecular weight is 320 g/mol. The van der Waals surface area contributed by atoms with Gasteiger partial charge in [0.1, 0.15) is 5.75 Å². The Labute approximate surface area is 139 Å². The summed E-state index contributed by atoms with van der Waals surface area (Å²) >= 11 is 0. The molecule has 0 saturated heterocycles. The fourth-order valence-electron chi connectivity index (χ4n) is 2.57. The molecular formula is C19H16N2O3. The summed E-state index contributed by atoms with van der Waals surface area (Å²) in [6.45, 7) is 1.78. The van der Waals surface area contributed by atoms with E-state index >= 15 is 0 Å². The number of carboxylic acids is 1. The van der Waals surface area contributed by atoms with Crippen molar-refractivity contribution in [3.63, 3.8) is 0 Å². The summed E-state index contributed by atoms with van der Waals surface area (Å²) < 4.78 is 0. The number of rotatable bonds is 4. The molecule has 2 N–H and O–H groups in total. The summed E-state index contributed by atoms with van der Waals surface area (Å²) in [7, 11) is 0. The molecule has 0 saturated carbocycles. The van der Waals surface area contributed by atoms with Gasteiger partial charge in [0.2, 0.25) is 0 Å². The first-order chi connectivity index (χ1) is 11.5. The topological polar surface area (TPSA) is 83.3 Å². The van der Waals surface area contributed by atoms with Crippen LogP contribution >= 0.6 is 0 Å². The molecular weight excluding hydrogens is 304 g/mol. The third-order valence-corrected chi connectivity index (χ3v) is 3.69. The van der Waals surface area contributed by atoms with Crippen molar-refractivity contribution < 1.29 is 15.0 Å². The summed E-state index contributed by atoms with van der Waals surface area (Å²) in [6, 6.07) is 16.1. The summed E-state index contributed by atoms with van der Waals surface area (Å²) in [5.74, 6) is -0.317. The number of phenols is 1. The second-order valence-electron chi connectivity index (χ2n) is 5.45. The highest BCUT2D eigenvalue weighted by atomic mass is 16.4. The summed E-state index contributed by atoms with van der Waals surface area (Å²) in [5.41, 5.74) is 3.20. The number of nitrogens with zero attached hydrogens (tertiary/aromatic N) is 2. The smallest absolute Gasteiger partial charge is 0.307 e. The Morgan fingerprint density at radius 3 is 2.38 bits per heavy atom. The van der Waals surface area contributed by atoms with Gasteiger partial charge in [-0.1, -0.05) is 42.5 Å². The molecule has 0 amide bonds. The quantitative estimate of drug-likeness (QED) is 0.769. The molecule has 0 atom stereocenters. The standard InChI is InChI=1S/C19H16N2O3/c1-12-16(11-17(23)24)18(14-8-5-9-15(22)10-14)21-19(20-12)13-6-3-2-4-7-13/h2-10,22H,11H2,1H3,(H,23,24). The van der Waals surface area contributed by atoms with Gasteiger partial charge in [0, 0.05) is 22.4 Å². The van der Waals surface area contributed by atoms with E-state index in [9.17, 15) is 15.0 Å². The van der Waals surface area contributed by atoms with Gasteiger partial charge in [-0.05, 0) is 19.1 Å². The molecule has 5 nitrogen and oxygen atoms in total. The van der Waals surface area contributed by atoms with Crippen LogP contribution in [0, 0.1) is 6.92 Å². The Morgan fingerprint density at radius 2 is 1.71 bits per heavy atom. The Bertz CT molecular complexity index is 892. The first-order valence-electron chi connectivity index (χ1n) is 7.48. The van der Waals surface area contributed by atoms with Gasteiger partial charge in [-0.25, -0.2) is 9.97 Å². The Kier molecular flexibility index (Phi) is 4.24. The Hall–Kier alpha value is -3.21. The van der Waals surface area contributed by atoms with Crippen molar-refractivity contribution >= 4 is 5.97 Å². The van der Waals surface area contributed by atoms with E-state index in [4.69, 9.17) is 0 Å². The van der Waals surface area contributed by atoms with Gasteiger partial charge in [0.05, 0.1) is 12.1 Å². The maximum atomic E-state index is 11.2. The second-order valence-corrected chi connectivity index (χ2v) is 5.45. The van der Waals surface area contributed by atoms with E-state index in [1.807, 2.05) is 30.3 Å². The first kappa shape index (κ1) is 15.7. The third kappa shape index (κ3) is 3.25. The molecule has 120 valence electrons. The predicted octanol–water partition coefficient (Wildman–Crippen LogP) is 3.45. The third-order valence-electron chi connectivity index (χ3n) is 3.69. The SMILES string of the molecule is Cc1nc(-c2ccccc2)nc(-c2cccc(O)c2)c1CC(=O)O. The number of aromatic hydroxyl groups is 1. The van der Waals surface area contributed by atoms with Crippen LogP contribution in [0.5, 0.6) is 5.75 Å². The molecule has 0 unspecified atom stereocenters. The monoisotopic (exact) mass is 320 g/mol. The van der Waals surface area contributed by atoms with Gasteiger partial charge in [-0.2, -0.15) is 0 Å².